The molecule has 2 rings (SSSR count). The number of hydrogen-bond acceptors (Lipinski definition) is 4. The summed E-state index contributed by atoms with van der Waals surface area (Å²) in [5, 5.41) is 14.7. The molecular weight excluding hydrogens is 276 g/mol. The van der Waals surface area contributed by atoms with Crippen molar-refractivity contribution in [2.24, 2.45) is 0 Å². The molecule has 0 atom stereocenters. The summed E-state index contributed by atoms with van der Waals surface area (Å²) in [6.07, 6.45) is 1.37. The van der Waals surface area contributed by atoms with Crippen LogP contribution in [-0.4, -0.2) is 5.91 Å². The number of amides is 1. The van der Waals surface area contributed by atoms with Gasteiger partial charge in [-0.2, -0.15) is 5.26 Å². The molecule has 0 aliphatic heterocycles. The van der Waals surface area contributed by atoms with Gasteiger partial charge in [-0.3, -0.25) is 4.79 Å². The molecule has 4 N–H and O–H groups in total. The smallest absolute Gasteiger partial charge is 0.267 e. The van der Waals surface area contributed by atoms with Gasteiger partial charge in [0.15, 0.2) is 0 Å². The van der Waals surface area contributed by atoms with Crippen LogP contribution in [0.4, 0.5) is 17.1 Å². The zero-order chi connectivity index (χ0) is 15.9. The molecule has 110 valence electrons. The van der Waals surface area contributed by atoms with Crippen LogP contribution in [0.2, 0.25) is 0 Å². The molecule has 0 aliphatic carbocycles. The third-order valence-electron chi connectivity index (χ3n) is 3.05. The Morgan fingerprint density at radius 3 is 2.50 bits per heavy atom. The summed E-state index contributed by atoms with van der Waals surface area (Å²) >= 11 is 0. The van der Waals surface area contributed by atoms with E-state index < -0.39 is 5.91 Å². The summed E-state index contributed by atoms with van der Waals surface area (Å²) in [5.74, 6) is -0.459. The fourth-order valence-corrected chi connectivity index (χ4v) is 1.79. The van der Waals surface area contributed by atoms with Gasteiger partial charge in [0.05, 0.1) is 0 Å². The third kappa shape index (κ3) is 3.87. The molecule has 0 spiro atoms. The third-order valence-corrected chi connectivity index (χ3v) is 3.05. The highest BCUT2D eigenvalue weighted by molar-refractivity contribution is 6.07. The first-order valence-electron chi connectivity index (χ1n) is 6.69. The first kappa shape index (κ1) is 15.1. The molecule has 0 aromatic heterocycles. The van der Waals surface area contributed by atoms with Crippen LogP contribution in [0.3, 0.4) is 0 Å². The van der Waals surface area contributed by atoms with E-state index in [1.165, 1.54) is 6.20 Å². The topological polar surface area (TPSA) is 90.9 Å². The maximum atomic E-state index is 12.1. The number of carbonyl (C=O) groups is 1. The predicted octanol–water partition coefficient (Wildman–Crippen LogP) is 3.04. The minimum atomic E-state index is -0.459. The summed E-state index contributed by atoms with van der Waals surface area (Å²) in [6.45, 7) is 1.89. The molecule has 0 aliphatic rings. The van der Waals surface area contributed by atoms with Crippen LogP contribution in [0, 0.1) is 18.3 Å². The average Bonchev–Trinajstić information content (AvgIpc) is 2.52. The molecule has 22 heavy (non-hydrogen) atoms. The van der Waals surface area contributed by atoms with Gasteiger partial charge >= 0.3 is 0 Å². The Bertz CT molecular complexity index is 742. The number of rotatable bonds is 4. The van der Waals surface area contributed by atoms with Gasteiger partial charge in [-0.1, -0.05) is 18.2 Å². The number of nitrogen functional groups attached to an aromatic ring is 1. The Balaban J connectivity index is 2.09. The van der Waals surface area contributed by atoms with Crippen LogP contribution in [0.15, 0.2) is 60.3 Å². The first-order chi connectivity index (χ1) is 10.6. The van der Waals surface area contributed by atoms with E-state index in [0.717, 1.165) is 11.3 Å². The Morgan fingerprint density at radius 2 is 1.86 bits per heavy atom. The van der Waals surface area contributed by atoms with Crippen molar-refractivity contribution in [3.05, 3.63) is 65.9 Å². The van der Waals surface area contributed by atoms with Crippen LogP contribution in [-0.2, 0) is 4.79 Å². The molecule has 0 saturated carbocycles. The Morgan fingerprint density at radius 1 is 1.18 bits per heavy atom. The van der Waals surface area contributed by atoms with E-state index in [0.29, 0.717) is 11.4 Å². The van der Waals surface area contributed by atoms with Crippen molar-refractivity contribution in [2.75, 3.05) is 16.4 Å². The minimum absolute atomic E-state index is 0.0138. The van der Waals surface area contributed by atoms with Crippen molar-refractivity contribution in [1.29, 1.82) is 5.26 Å². The lowest BCUT2D eigenvalue weighted by molar-refractivity contribution is -0.112. The number of nitriles is 1. The van der Waals surface area contributed by atoms with Crippen LogP contribution < -0.4 is 16.4 Å². The van der Waals surface area contributed by atoms with E-state index in [4.69, 9.17) is 11.0 Å². The van der Waals surface area contributed by atoms with Gasteiger partial charge in [0.1, 0.15) is 11.6 Å². The van der Waals surface area contributed by atoms with Crippen LogP contribution in [0.25, 0.3) is 0 Å². The highest BCUT2D eigenvalue weighted by Crippen LogP contribution is 2.15. The standard InChI is InChI=1S/C17H16N4O/c1-12-4-2-3-5-16(12)21-17(22)13(10-18)11-20-15-8-6-14(19)7-9-15/h2-9,11,20H,19H2,1H3,(H,21,22)/b13-11-. The number of benzene rings is 2. The molecule has 0 unspecified atom stereocenters. The summed E-state index contributed by atoms with van der Waals surface area (Å²) in [4.78, 5) is 12.1. The summed E-state index contributed by atoms with van der Waals surface area (Å²) in [6, 6.07) is 16.3. The molecule has 5 nitrogen and oxygen atoms in total. The van der Waals surface area contributed by atoms with Gasteiger partial charge < -0.3 is 16.4 Å². The maximum Gasteiger partial charge on any atom is 0.267 e. The van der Waals surface area contributed by atoms with E-state index in [1.807, 2.05) is 31.2 Å². The van der Waals surface area contributed by atoms with Gasteiger partial charge in [0.25, 0.3) is 5.91 Å². The van der Waals surface area contributed by atoms with Crippen LogP contribution >= 0.6 is 0 Å². The maximum absolute atomic E-state index is 12.1. The summed E-state index contributed by atoms with van der Waals surface area (Å²) in [7, 11) is 0. The van der Waals surface area contributed by atoms with Crippen molar-refractivity contribution in [3.63, 3.8) is 0 Å². The van der Waals surface area contributed by atoms with Gasteiger partial charge in [0.2, 0.25) is 0 Å². The molecule has 0 fully saturated rings. The van der Waals surface area contributed by atoms with E-state index in [1.54, 1.807) is 30.3 Å². The molecule has 0 saturated heterocycles. The zero-order valence-corrected chi connectivity index (χ0v) is 12.1. The van der Waals surface area contributed by atoms with E-state index in [2.05, 4.69) is 10.6 Å². The zero-order valence-electron chi connectivity index (χ0n) is 12.1. The lowest BCUT2D eigenvalue weighted by Gasteiger charge is -2.07. The average molecular weight is 292 g/mol. The van der Waals surface area contributed by atoms with Crippen molar-refractivity contribution in [3.8, 4) is 6.07 Å². The van der Waals surface area contributed by atoms with E-state index >= 15 is 0 Å². The fraction of sp³-hybridized carbons (Fsp3) is 0.0588. The summed E-state index contributed by atoms with van der Waals surface area (Å²) < 4.78 is 0. The van der Waals surface area contributed by atoms with Gasteiger partial charge in [0, 0.05) is 23.3 Å². The fourth-order valence-electron chi connectivity index (χ4n) is 1.79. The van der Waals surface area contributed by atoms with Gasteiger partial charge in [-0.05, 0) is 42.8 Å². The number of aryl methyl sites for hydroxylation is 1. The largest absolute Gasteiger partial charge is 0.399 e. The van der Waals surface area contributed by atoms with Gasteiger partial charge in [-0.15, -0.1) is 0 Å². The van der Waals surface area contributed by atoms with Crippen molar-refractivity contribution < 1.29 is 4.79 Å². The molecule has 0 radical (unpaired) electrons. The number of hydrogen-bond donors (Lipinski definition) is 3. The van der Waals surface area contributed by atoms with Gasteiger partial charge in [-0.25, -0.2) is 0 Å². The molecular formula is C17H16N4O. The number of nitrogens with one attached hydrogen (secondary N) is 2. The van der Waals surface area contributed by atoms with Crippen LogP contribution in [0.5, 0.6) is 0 Å². The molecule has 2 aromatic carbocycles. The molecule has 0 heterocycles. The van der Waals surface area contributed by atoms with Crippen molar-refractivity contribution in [1.82, 2.24) is 0 Å². The normalized spacial score (nSPS) is 10.6. The number of para-hydroxylation sites is 1. The SMILES string of the molecule is Cc1ccccc1NC(=O)/C(C#N)=C\Nc1ccc(N)cc1. The Hall–Kier alpha value is -3.26. The molecule has 1 amide bonds. The number of carbonyl (C=O) groups excluding carboxylic acids is 1. The lowest BCUT2D eigenvalue weighted by Crippen LogP contribution is -2.15. The molecule has 0 bridgehead atoms. The van der Waals surface area contributed by atoms with Crippen molar-refractivity contribution >= 4 is 23.0 Å². The second kappa shape index (κ2) is 6.95. The van der Waals surface area contributed by atoms with E-state index in [-0.39, 0.29) is 5.57 Å². The quantitative estimate of drug-likeness (QED) is 0.459. The predicted molar refractivity (Wildman–Crippen MR) is 88.0 cm³/mol. The second-order valence-corrected chi connectivity index (χ2v) is 4.71. The summed E-state index contributed by atoms with van der Waals surface area (Å²) in [5.41, 5.74) is 8.58. The van der Waals surface area contributed by atoms with Crippen molar-refractivity contribution in [2.45, 2.75) is 6.92 Å². The first-order valence-corrected chi connectivity index (χ1v) is 6.69. The Labute approximate surface area is 129 Å². The number of nitrogens with two attached hydrogens (primary N) is 1. The lowest BCUT2D eigenvalue weighted by atomic mass is 10.2. The second-order valence-electron chi connectivity index (χ2n) is 4.71. The van der Waals surface area contributed by atoms with Crippen LogP contribution in [0.1, 0.15) is 5.56 Å². The highest BCUT2D eigenvalue weighted by Gasteiger charge is 2.10. The Kier molecular flexibility index (Phi) is 4.78. The molecule has 2 aromatic rings. The highest BCUT2D eigenvalue weighted by atomic mass is 16.1. The monoisotopic (exact) mass is 292 g/mol. The number of anilines is 3. The van der Waals surface area contributed by atoms with E-state index in [9.17, 15) is 4.79 Å². The molecule has 5 heteroatoms. The number of nitrogens with zero attached hydrogens (tertiary/aromatic N) is 1. The minimum Gasteiger partial charge on any atom is -0.399 e.